The summed E-state index contributed by atoms with van der Waals surface area (Å²) in [4.78, 5) is 36.5. The number of alkyl carbamates (subject to hydrolysis) is 1. The highest BCUT2D eigenvalue weighted by atomic mass is 19.4. The van der Waals surface area contributed by atoms with Gasteiger partial charge >= 0.3 is 18.2 Å². The van der Waals surface area contributed by atoms with E-state index >= 15 is 0 Å². The van der Waals surface area contributed by atoms with Crippen molar-refractivity contribution < 1.29 is 37.4 Å². The van der Waals surface area contributed by atoms with Gasteiger partial charge in [0.25, 0.3) is 0 Å². The molecule has 0 aliphatic heterocycles. The third-order valence-electron chi connectivity index (χ3n) is 4.74. The molecule has 0 radical (unpaired) electrons. The van der Waals surface area contributed by atoms with Gasteiger partial charge in [0, 0.05) is 6.42 Å². The summed E-state index contributed by atoms with van der Waals surface area (Å²) in [6.07, 6.45) is -5.81. The van der Waals surface area contributed by atoms with Crippen molar-refractivity contribution in [3.05, 3.63) is 71.3 Å². The van der Waals surface area contributed by atoms with Crippen LogP contribution < -0.4 is 10.6 Å². The summed E-state index contributed by atoms with van der Waals surface area (Å²) in [7, 11) is 0. The van der Waals surface area contributed by atoms with Gasteiger partial charge in [0.1, 0.15) is 18.7 Å². The number of alkyl halides is 3. The van der Waals surface area contributed by atoms with E-state index in [0.717, 1.165) is 17.7 Å². The number of nitrogens with one attached hydrogen (secondary N) is 2. The van der Waals surface area contributed by atoms with Gasteiger partial charge in [-0.05, 0) is 23.1 Å². The topological polar surface area (TPSA) is 105 Å². The van der Waals surface area contributed by atoms with Gasteiger partial charge in [0.05, 0.1) is 5.56 Å². The van der Waals surface area contributed by atoms with Crippen LogP contribution in [0.25, 0.3) is 0 Å². The lowest BCUT2D eigenvalue weighted by molar-refractivity contribution is -0.142. The molecule has 7 nitrogen and oxygen atoms in total. The second-order valence-corrected chi connectivity index (χ2v) is 7.73. The van der Waals surface area contributed by atoms with Gasteiger partial charge in [-0.3, -0.25) is 4.79 Å². The van der Waals surface area contributed by atoms with Crippen LogP contribution in [0.2, 0.25) is 0 Å². The van der Waals surface area contributed by atoms with Gasteiger partial charge in [0.15, 0.2) is 0 Å². The number of ether oxygens (including phenoxy) is 1. The molecule has 2 rings (SSSR count). The van der Waals surface area contributed by atoms with Crippen molar-refractivity contribution in [1.82, 2.24) is 10.6 Å². The Morgan fingerprint density at radius 3 is 2.18 bits per heavy atom. The summed E-state index contributed by atoms with van der Waals surface area (Å²) in [6, 6.07) is 10.5. The van der Waals surface area contributed by atoms with Gasteiger partial charge in [-0.25, -0.2) is 9.59 Å². The molecule has 0 unspecified atom stereocenters. The van der Waals surface area contributed by atoms with Crippen LogP contribution in [0.3, 0.4) is 0 Å². The van der Waals surface area contributed by atoms with E-state index in [0.29, 0.717) is 0 Å². The average molecular weight is 466 g/mol. The summed E-state index contributed by atoms with van der Waals surface area (Å²) in [5.41, 5.74) is -0.0857. The van der Waals surface area contributed by atoms with Crippen molar-refractivity contribution in [2.45, 2.75) is 45.1 Å². The van der Waals surface area contributed by atoms with Crippen LogP contribution in [0.15, 0.2) is 54.6 Å². The van der Waals surface area contributed by atoms with Crippen molar-refractivity contribution in [3.8, 4) is 0 Å². The monoisotopic (exact) mass is 466 g/mol. The molecule has 0 aliphatic rings. The molecule has 0 saturated heterocycles. The van der Waals surface area contributed by atoms with E-state index in [2.05, 4.69) is 10.6 Å². The zero-order valence-corrected chi connectivity index (χ0v) is 18.1. The van der Waals surface area contributed by atoms with Crippen molar-refractivity contribution in [2.24, 2.45) is 5.92 Å². The van der Waals surface area contributed by atoms with Gasteiger partial charge in [-0.2, -0.15) is 13.2 Å². The smallest absolute Gasteiger partial charge is 0.416 e. The highest BCUT2D eigenvalue weighted by molar-refractivity contribution is 5.89. The van der Waals surface area contributed by atoms with Gasteiger partial charge < -0.3 is 20.5 Å². The van der Waals surface area contributed by atoms with Gasteiger partial charge in [-0.1, -0.05) is 62.4 Å². The van der Waals surface area contributed by atoms with Crippen LogP contribution in [0, 0.1) is 5.92 Å². The molecule has 2 aromatic carbocycles. The van der Waals surface area contributed by atoms with Gasteiger partial charge in [0.2, 0.25) is 5.91 Å². The molecule has 2 amide bonds. The standard InChI is InChI=1S/C23H25F3N2O5/c1-14(2)19(28-22(32)33-13-15-7-4-3-5-8-15)20(29)27-18(21(30)31)12-16-9-6-10-17(11-16)23(24,25)26/h3-11,14,18-19H,12-13H2,1-2H3,(H,27,29)(H,28,32)(H,30,31)/t18-,19-/m1/s1. The van der Waals surface area contributed by atoms with Crippen molar-refractivity contribution >= 4 is 18.0 Å². The SMILES string of the molecule is CC(C)[C@@H](NC(=O)OCc1ccccc1)C(=O)N[C@H](Cc1cccc(C(F)(F)F)c1)C(=O)O. The quantitative estimate of drug-likeness (QED) is 0.522. The predicted molar refractivity (Wildman–Crippen MR) is 113 cm³/mol. The minimum Gasteiger partial charge on any atom is -0.480 e. The molecule has 0 heterocycles. The molecule has 0 fully saturated rings. The number of aliphatic carboxylic acids is 1. The Hall–Kier alpha value is -3.56. The molecular weight excluding hydrogens is 441 g/mol. The number of halogens is 3. The van der Waals surface area contributed by atoms with Crippen LogP contribution in [0.5, 0.6) is 0 Å². The lowest BCUT2D eigenvalue weighted by atomic mass is 10.0. The summed E-state index contributed by atoms with van der Waals surface area (Å²) >= 11 is 0. The normalized spacial score (nSPS) is 13.2. The molecule has 0 aliphatic carbocycles. The highest BCUT2D eigenvalue weighted by Crippen LogP contribution is 2.29. The first-order valence-corrected chi connectivity index (χ1v) is 10.1. The minimum absolute atomic E-state index is 0.0214. The van der Waals surface area contributed by atoms with E-state index in [1.165, 1.54) is 12.1 Å². The Morgan fingerprint density at radius 2 is 1.61 bits per heavy atom. The molecule has 0 saturated carbocycles. The number of rotatable bonds is 9. The Bertz CT molecular complexity index is 964. The fourth-order valence-corrected chi connectivity index (χ4v) is 3.00. The summed E-state index contributed by atoms with van der Waals surface area (Å²) in [6.45, 7) is 3.26. The van der Waals surface area contributed by atoms with E-state index in [1.54, 1.807) is 44.2 Å². The van der Waals surface area contributed by atoms with E-state index in [9.17, 15) is 32.7 Å². The molecule has 0 spiro atoms. The first-order chi connectivity index (χ1) is 15.5. The number of benzene rings is 2. The van der Waals surface area contributed by atoms with Crippen molar-refractivity contribution in [1.29, 1.82) is 0 Å². The van der Waals surface area contributed by atoms with Crippen LogP contribution >= 0.6 is 0 Å². The summed E-state index contributed by atoms with van der Waals surface area (Å²) in [5, 5.41) is 14.2. The first-order valence-electron chi connectivity index (χ1n) is 10.1. The Kier molecular flexibility index (Phi) is 8.84. The van der Waals surface area contributed by atoms with Crippen LogP contribution in [0.1, 0.15) is 30.5 Å². The largest absolute Gasteiger partial charge is 0.480 e. The Labute approximate surface area is 188 Å². The zero-order valence-electron chi connectivity index (χ0n) is 18.1. The summed E-state index contributed by atoms with van der Waals surface area (Å²) < 4.78 is 43.9. The Morgan fingerprint density at radius 1 is 0.970 bits per heavy atom. The van der Waals surface area contributed by atoms with E-state index in [-0.39, 0.29) is 18.6 Å². The van der Waals surface area contributed by atoms with E-state index in [1.807, 2.05) is 0 Å². The molecule has 2 aromatic rings. The lowest BCUT2D eigenvalue weighted by Gasteiger charge is -2.24. The molecular formula is C23H25F3N2O5. The molecule has 33 heavy (non-hydrogen) atoms. The number of carbonyl (C=O) groups is 3. The van der Waals surface area contributed by atoms with Crippen LogP contribution in [-0.4, -0.2) is 35.2 Å². The zero-order chi connectivity index (χ0) is 24.6. The number of carboxylic acids is 1. The second-order valence-electron chi connectivity index (χ2n) is 7.73. The average Bonchev–Trinajstić information content (AvgIpc) is 2.75. The lowest BCUT2D eigenvalue weighted by Crippen LogP contribution is -2.54. The third kappa shape index (κ3) is 8.13. The number of amides is 2. The molecule has 0 bridgehead atoms. The predicted octanol–water partition coefficient (Wildman–Crippen LogP) is 3.77. The first kappa shape index (κ1) is 25.7. The number of hydrogen-bond acceptors (Lipinski definition) is 4. The van der Waals surface area contributed by atoms with Gasteiger partial charge in [-0.15, -0.1) is 0 Å². The van der Waals surface area contributed by atoms with E-state index < -0.39 is 47.7 Å². The molecule has 2 atom stereocenters. The molecule has 178 valence electrons. The number of carbonyl (C=O) groups excluding carboxylic acids is 2. The fourth-order valence-electron chi connectivity index (χ4n) is 3.00. The number of carboxylic acid groups (broad SMARTS) is 1. The van der Waals surface area contributed by atoms with Crippen molar-refractivity contribution in [2.75, 3.05) is 0 Å². The molecule has 3 N–H and O–H groups in total. The third-order valence-corrected chi connectivity index (χ3v) is 4.74. The maximum absolute atomic E-state index is 12.9. The maximum atomic E-state index is 12.9. The number of hydrogen-bond donors (Lipinski definition) is 3. The summed E-state index contributed by atoms with van der Waals surface area (Å²) in [5.74, 6) is -2.63. The molecule has 10 heteroatoms. The fraction of sp³-hybridized carbons (Fsp3) is 0.348. The van der Waals surface area contributed by atoms with Crippen molar-refractivity contribution in [3.63, 3.8) is 0 Å². The van der Waals surface area contributed by atoms with Crippen LogP contribution in [0.4, 0.5) is 18.0 Å². The second kappa shape index (κ2) is 11.3. The van der Waals surface area contributed by atoms with E-state index in [4.69, 9.17) is 4.74 Å². The Balaban J connectivity index is 2.03. The molecule has 0 aromatic heterocycles. The maximum Gasteiger partial charge on any atom is 0.416 e. The van der Waals surface area contributed by atoms with Crippen LogP contribution in [-0.2, 0) is 33.5 Å². The minimum atomic E-state index is -4.58. The highest BCUT2D eigenvalue weighted by Gasteiger charge is 2.32.